The number of aryl methyl sites for hydroxylation is 1. The summed E-state index contributed by atoms with van der Waals surface area (Å²) < 4.78 is 2.30. The lowest BCUT2D eigenvalue weighted by atomic mass is 10.2. The lowest BCUT2D eigenvalue weighted by Gasteiger charge is -2.16. The number of rotatable bonds is 5. The smallest absolute Gasteiger partial charge is 0.193 e. The van der Waals surface area contributed by atoms with Gasteiger partial charge < -0.3 is 14.8 Å². The summed E-state index contributed by atoms with van der Waals surface area (Å²) in [4.78, 5) is 6.63. The molecule has 4 heteroatoms. The van der Waals surface area contributed by atoms with Crippen LogP contribution >= 0.6 is 0 Å². The number of hydrogen-bond acceptors (Lipinski definition) is 1. The third-order valence-electron chi connectivity index (χ3n) is 3.26. The zero-order valence-corrected chi connectivity index (χ0v) is 12.6. The molecule has 20 heavy (non-hydrogen) atoms. The second-order valence-electron chi connectivity index (χ2n) is 5.05. The predicted octanol–water partition coefficient (Wildman–Crippen LogP) is 2.56. The molecule has 1 heterocycles. The monoisotopic (exact) mass is 272 g/mol. The first-order valence-electron chi connectivity index (χ1n) is 7.22. The summed E-state index contributed by atoms with van der Waals surface area (Å²) in [5.74, 6) is 0.963. The van der Waals surface area contributed by atoms with Crippen molar-refractivity contribution >= 4 is 16.9 Å². The Morgan fingerprint density at radius 3 is 2.80 bits per heavy atom. The molecule has 0 amide bonds. The Morgan fingerprint density at radius 1 is 1.25 bits per heavy atom. The van der Waals surface area contributed by atoms with E-state index in [0.717, 1.165) is 32.0 Å². The van der Waals surface area contributed by atoms with Gasteiger partial charge in [0, 0.05) is 45.4 Å². The molecule has 0 saturated carbocycles. The molecule has 0 atom stereocenters. The van der Waals surface area contributed by atoms with Gasteiger partial charge in [0.2, 0.25) is 0 Å². The lowest BCUT2D eigenvalue weighted by Crippen LogP contribution is -2.36. The molecule has 1 aromatic heterocycles. The van der Waals surface area contributed by atoms with Gasteiger partial charge in [-0.25, -0.2) is 0 Å². The van der Waals surface area contributed by atoms with Crippen molar-refractivity contribution in [2.75, 3.05) is 27.2 Å². The van der Waals surface area contributed by atoms with E-state index in [-0.39, 0.29) is 0 Å². The van der Waals surface area contributed by atoms with Crippen molar-refractivity contribution in [3.63, 3.8) is 0 Å². The highest BCUT2D eigenvalue weighted by molar-refractivity contribution is 5.80. The van der Waals surface area contributed by atoms with Gasteiger partial charge >= 0.3 is 0 Å². The van der Waals surface area contributed by atoms with Crippen LogP contribution in [0.5, 0.6) is 0 Å². The maximum atomic E-state index is 4.61. The van der Waals surface area contributed by atoms with E-state index in [1.807, 2.05) is 19.0 Å². The van der Waals surface area contributed by atoms with Crippen LogP contribution in [-0.4, -0.2) is 42.6 Å². The van der Waals surface area contributed by atoms with Crippen LogP contribution in [0.3, 0.4) is 0 Å². The minimum atomic E-state index is 0.840. The third kappa shape index (κ3) is 3.53. The molecule has 0 fully saturated rings. The molecule has 1 aromatic carbocycles. The van der Waals surface area contributed by atoms with Gasteiger partial charge in [0.05, 0.1) is 0 Å². The van der Waals surface area contributed by atoms with Crippen LogP contribution in [0, 0.1) is 0 Å². The summed E-state index contributed by atoms with van der Waals surface area (Å²) in [6, 6.07) is 10.7. The highest BCUT2D eigenvalue weighted by Gasteiger charge is 2.01. The summed E-state index contributed by atoms with van der Waals surface area (Å²) in [5, 5.41) is 4.58. The summed E-state index contributed by atoms with van der Waals surface area (Å²) in [6.07, 6.45) is 3.20. The Balaban J connectivity index is 1.91. The van der Waals surface area contributed by atoms with Crippen LogP contribution in [-0.2, 0) is 6.54 Å². The van der Waals surface area contributed by atoms with Gasteiger partial charge in [-0.05, 0) is 30.9 Å². The first-order chi connectivity index (χ1) is 9.72. The van der Waals surface area contributed by atoms with Crippen molar-refractivity contribution in [2.24, 2.45) is 4.99 Å². The fraction of sp³-hybridized carbons (Fsp3) is 0.438. The third-order valence-corrected chi connectivity index (χ3v) is 3.26. The first kappa shape index (κ1) is 14.4. The minimum Gasteiger partial charge on any atom is -0.357 e. The number of benzene rings is 1. The van der Waals surface area contributed by atoms with E-state index >= 15 is 0 Å². The van der Waals surface area contributed by atoms with Crippen molar-refractivity contribution < 1.29 is 0 Å². The van der Waals surface area contributed by atoms with E-state index < -0.39 is 0 Å². The molecule has 0 saturated heterocycles. The second-order valence-corrected chi connectivity index (χ2v) is 5.05. The zero-order valence-electron chi connectivity index (χ0n) is 12.6. The van der Waals surface area contributed by atoms with Gasteiger partial charge in [-0.2, -0.15) is 0 Å². The van der Waals surface area contributed by atoms with Crippen LogP contribution in [0.4, 0.5) is 0 Å². The maximum absolute atomic E-state index is 4.61. The Hall–Kier alpha value is -1.97. The number of aliphatic imine (C=N–C) groups is 1. The van der Waals surface area contributed by atoms with E-state index in [1.54, 1.807) is 0 Å². The zero-order chi connectivity index (χ0) is 14.4. The number of para-hydroxylation sites is 1. The summed E-state index contributed by atoms with van der Waals surface area (Å²) in [6.45, 7) is 4.83. The molecule has 1 N–H and O–H groups in total. The predicted molar refractivity (Wildman–Crippen MR) is 86.2 cm³/mol. The molecule has 0 aliphatic carbocycles. The molecule has 2 rings (SSSR count). The van der Waals surface area contributed by atoms with Gasteiger partial charge in [0.15, 0.2) is 5.96 Å². The molecule has 0 radical (unpaired) electrons. The molecule has 2 aromatic rings. The van der Waals surface area contributed by atoms with E-state index in [2.05, 4.69) is 58.3 Å². The van der Waals surface area contributed by atoms with Crippen LogP contribution in [0.1, 0.15) is 13.3 Å². The molecular weight excluding hydrogens is 248 g/mol. The van der Waals surface area contributed by atoms with Gasteiger partial charge in [0.25, 0.3) is 0 Å². The molecular formula is C16H24N4. The normalized spacial score (nSPS) is 11.8. The number of guanidine groups is 1. The molecule has 4 nitrogen and oxygen atoms in total. The number of hydrogen-bond donors (Lipinski definition) is 1. The van der Waals surface area contributed by atoms with Gasteiger partial charge in [-0.3, -0.25) is 4.99 Å². The van der Waals surface area contributed by atoms with E-state index in [1.165, 1.54) is 10.9 Å². The quantitative estimate of drug-likeness (QED) is 0.515. The summed E-state index contributed by atoms with van der Waals surface area (Å²) in [7, 11) is 4.03. The van der Waals surface area contributed by atoms with Gasteiger partial charge in [0.1, 0.15) is 0 Å². The van der Waals surface area contributed by atoms with Crippen LogP contribution < -0.4 is 5.32 Å². The molecule has 0 aliphatic rings. The fourth-order valence-electron chi connectivity index (χ4n) is 2.28. The number of fused-ring (bicyclic) bond motifs is 1. The number of nitrogens with zero attached hydrogens (tertiary/aromatic N) is 3. The maximum Gasteiger partial charge on any atom is 0.193 e. The van der Waals surface area contributed by atoms with E-state index in [0.29, 0.717) is 0 Å². The van der Waals surface area contributed by atoms with Gasteiger partial charge in [-0.15, -0.1) is 0 Å². The standard InChI is InChI=1S/C16H24N4/c1-4-17-16(19(2)3)18-11-7-12-20-13-10-14-8-5-6-9-15(14)20/h5-6,8-10,13H,4,7,11-12H2,1-3H3,(H,17,18). The van der Waals surface area contributed by atoms with Crippen LogP contribution in [0.2, 0.25) is 0 Å². The lowest BCUT2D eigenvalue weighted by molar-refractivity contribution is 0.578. The van der Waals surface area contributed by atoms with Crippen LogP contribution in [0.15, 0.2) is 41.5 Å². The summed E-state index contributed by atoms with van der Waals surface area (Å²) >= 11 is 0. The molecule has 108 valence electrons. The molecule has 0 spiro atoms. The van der Waals surface area contributed by atoms with Crippen molar-refractivity contribution in [1.29, 1.82) is 0 Å². The molecule has 0 unspecified atom stereocenters. The number of aromatic nitrogens is 1. The van der Waals surface area contributed by atoms with Crippen LogP contribution in [0.25, 0.3) is 10.9 Å². The Kier molecular flexibility index (Phi) is 5.04. The van der Waals surface area contributed by atoms with E-state index in [4.69, 9.17) is 0 Å². The average Bonchev–Trinajstić information content (AvgIpc) is 2.85. The van der Waals surface area contributed by atoms with Crippen molar-refractivity contribution in [1.82, 2.24) is 14.8 Å². The molecule has 0 bridgehead atoms. The largest absolute Gasteiger partial charge is 0.357 e. The Bertz CT molecular complexity index is 569. The topological polar surface area (TPSA) is 32.6 Å². The Labute approximate surface area is 121 Å². The number of nitrogens with one attached hydrogen (secondary N) is 1. The fourth-order valence-corrected chi connectivity index (χ4v) is 2.28. The van der Waals surface area contributed by atoms with Crippen molar-refractivity contribution in [3.8, 4) is 0 Å². The highest BCUT2D eigenvalue weighted by Crippen LogP contribution is 2.15. The second kappa shape index (κ2) is 6.98. The minimum absolute atomic E-state index is 0.840. The van der Waals surface area contributed by atoms with E-state index in [9.17, 15) is 0 Å². The van der Waals surface area contributed by atoms with Crippen molar-refractivity contribution in [3.05, 3.63) is 36.5 Å². The van der Waals surface area contributed by atoms with Gasteiger partial charge in [-0.1, -0.05) is 18.2 Å². The van der Waals surface area contributed by atoms with Crippen molar-refractivity contribution in [2.45, 2.75) is 19.9 Å². The first-order valence-corrected chi connectivity index (χ1v) is 7.22. The summed E-state index contributed by atoms with van der Waals surface area (Å²) in [5.41, 5.74) is 1.30. The highest BCUT2D eigenvalue weighted by atomic mass is 15.3. The molecule has 0 aliphatic heterocycles. The Morgan fingerprint density at radius 2 is 2.05 bits per heavy atom. The average molecular weight is 272 g/mol. The SMILES string of the molecule is CCNC(=NCCCn1ccc2ccccc21)N(C)C.